The molecule has 19 nitrogen and oxygen atoms in total. The number of nitrogens with one attached hydrogen (secondary N) is 9. The van der Waals surface area contributed by atoms with Crippen molar-refractivity contribution in [3.63, 3.8) is 0 Å². The van der Waals surface area contributed by atoms with Crippen molar-refractivity contribution in [1.29, 1.82) is 0 Å². The van der Waals surface area contributed by atoms with E-state index in [0.717, 1.165) is 22.0 Å². The van der Waals surface area contributed by atoms with E-state index < -0.39 is 90.4 Å². The van der Waals surface area contributed by atoms with Crippen molar-refractivity contribution in [3.05, 3.63) is 71.9 Å². The number of likely N-dealkylation sites (N-methyl/N-ethyl adjacent to an activating group) is 1. The van der Waals surface area contributed by atoms with Gasteiger partial charge in [0.2, 0.25) is 53.7 Å². The number of fused-ring (bicyclic) bond motifs is 1. The van der Waals surface area contributed by atoms with Gasteiger partial charge >= 0.3 is 0 Å². The summed E-state index contributed by atoms with van der Waals surface area (Å²) >= 11 is 0. The van der Waals surface area contributed by atoms with Crippen LogP contribution in [0.3, 0.4) is 0 Å². The van der Waals surface area contributed by atoms with Crippen molar-refractivity contribution in [3.8, 4) is 0 Å². The molecule has 0 radical (unpaired) electrons. The van der Waals surface area contributed by atoms with E-state index in [9.17, 15) is 43.2 Å². The molecule has 62 heavy (non-hydrogen) atoms. The number of amides is 9. The van der Waals surface area contributed by atoms with E-state index in [1.54, 1.807) is 13.1 Å². The molecule has 3 aromatic rings. The van der Waals surface area contributed by atoms with Crippen LogP contribution >= 0.6 is 0 Å². The van der Waals surface area contributed by atoms with Gasteiger partial charge in [-0.15, -0.1) is 0 Å². The van der Waals surface area contributed by atoms with E-state index in [1.807, 2.05) is 61.5 Å². The summed E-state index contributed by atoms with van der Waals surface area (Å²) in [5.74, 6) is -5.13. The Hall–Kier alpha value is -6.79. The third kappa shape index (κ3) is 17.1. The average Bonchev–Trinajstić information content (AvgIpc) is 3.65. The Kier molecular flexibility index (Phi) is 21.1. The summed E-state index contributed by atoms with van der Waals surface area (Å²) in [4.78, 5) is 118. The van der Waals surface area contributed by atoms with Gasteiger partial charge in [0.25, 0.3) is 0 Å². The van der Waals surface area contributed by atoms with Crippen molar-refractivity contribution >= 4 is 64.6 Å². The second kappa shape index (κ2) is 26.4. The first kappa shape index (κ1) is 49.6. The third-order valence-electron chi connectivity index (χ3n) is 9.87. The first-order valence-electron chi connectivity index (χ1n) is 20.8. The van der Waals surface area contributed by atoms with Crippen molar-refractivity contribution in [2.45, 2.75) is 109 Å². The van der Waals surface area contributed by atoms with Crippen molar-refractivity contribution in [1.82, 2.24) is 47.5 Å². The maximum absolute atomic E-state index is 13.7. The fourth-order valence-electron chi connectivity index (χ4n) is 6.58. The summed E-state index contributed by atoms with van der Waals surface area (Å²) in [5.41, 5.74) is 8.05. The van der Waals surface area contributed by atoms with E-state index in [0.29, 0.717) is 38.6 Å². The number of H-pyrrole nitrogens is 1. The number of primary amides is 1. The molecule has 0 aliphatic heterocycles. The molecule has 9 amide bonds. The van der Waals surface area contributed by atoms with Gasteiger partial charge in [-0.25, -0.2) is 0 Å². The van der Waals surface area contributed by atoms with Gasteiger partial charge in [0.1, 0.15) is 30.2 Å². The van der Waals surface area contributed by atoms with Gasteiger partial charge in [0, 0.05) is 50.0 Å². The lowest BCUT2D eigenvalue weighted by Gasteiger charge is -2.25. The van der Waals surface area contributed by atoms with Crippen molar-refractivity contribution in [2.75, 3.05) is 19.6 Å². The molecule has 0 saturated carbocycles. The van der Waals surface area contributed by atoms with Gasteiger partial charge in [-0.2, -0.15) is 0 Å². The molecule has 3 rings (SSSR count). The van der Waals surface area contributed by atoms with E-state index in [1.165, 1.54) is 6.92 Å². The van der Waals surface area contributed by atoms with Crippen LogP contribution in [0.1, 0.15) is 76.8 Å². The molecular formula is C43H60N10O9. The number of carbonyl (C=O) groups excluding carboxylic acids is 9. The zero-order chi connectivity index (χ0) is 45.4. The molecule has 0 saturated heterocycles. The zero-order valence-corrected chi connectivity index (χ0v) is 35.5. The van der Waals surface area contributed by atoms with Gasteiger partial charge in [0.15, 0.2) is 0 Å². The fraction of sp³-hybridized carbons (Fsp3) is 0.465. The zero-order valence-electron chi connectivity index (χ0n) is 35.5. The number of carbonyl (C=O) groups is 9. The minimum Gasteiger partial charge on any atom is -0.368 e. The Morgan fingerprint density at radius 3 is 1.98 bits per heavy atom. The van der Waals surface area contributed by atoms with E-state index >= 15 is 0 Å². The molecule has 19 heteroatoms. The molecule has 0 spiro atoms. The van der Waals surface area contributed by atoms with Gasteiger partial charge in [-0.3, -0.25) is 43.2 Å². The normalized spacial score (nSPS) is 13.2. The van der Waals surface area contributed by atoms with E-state index in [2.05, 4.69) is 47.5 Å². The maximum Gasteiger partial charge on any atom is 0.243 e. The lowest BCUT2D eigenvalue weighted by molar-refractivity contribution is -0.135. The Morgan fingerprint density at radius 1 is 0.661 bits per heavy atom. The van der Waals surface area contributed by atoms with Crippen LogP contribution in [0.25, 0.3) is 10.9 Å². The van der Waals surface area contributed by atoms with Crippen LogP contribution in [0.15, 0.2) is 60.8 Å². The summed E-state index contributed by atoms with van der Waals surface area (Å²) in [6.45, 7) is 4.81. The predicted molar refractivity (Wildman–Crippen MR) is 230 cm³/mol. The highest BCUT2D eigenvalue weighted by atomic mass is 16.2. The van der Waals surface area contributed by atoms with Crippen LogP contribution in [-0.4, -0.2) is 108 Å². The van der Waals surface area contributed by atoms with Gasteiger partial charge in [-0.05, 0) is 49.8 Å². The van der Waals surface area contributed by atoms with Crippen molar-refractivity contribution in [2.24, 2.45) is 5.73 Å². The number of hydrogen-bond donors (Lipinski definition) is 10. The highest BCUT2D eigenvalue weighted by molar-refractivity contribution is 5.97. The number of aromatic nitrogens is 1. The summed E-state index contributed by atoms with van der Waals surface area (Å²) in [6.07, 6.45) is 4.16. The van der Waals surface area contributed by atoms with E-state index in [4.69, 9.17) is 5.73 Å². The molecular weight excluding hydrogens is 801 g/mol. The Morgan fingerprint density at radius 2 is 1.31 bits per heavy atom. The van der Waals surface area contributed by atoms with Crippen LogP contribution in [0.2, 0.25) is 0 Å². The molecule has 11 N–H and O–H groups in total. The summed E-state index contributed by atoms with van der Waals surface area (Å²) in [5, 5.41) is 21.6. The molecule has 1 heterocycles. The number of unbranched alkanes of at least 4 members (excludes halogenated alkanes) is 2. The Labute approximate surface area is 360 Å². The van der Waals surface area contributed by atoms with Crippen LogP contribution in [0.5, 0.6) is 0 Å². The number of hydrogen-bond acceptors (Lipinski definition) is 9. The highest BCUT2D eigenvalue weighted by Crippen LogP contribution is 2.19. The molecule has 0 aliphatic rings. The van der Waals surface area contributed by atoms with Crippen molar-refractivity contribution < 1.29 is 43.2 Å². The monoisotopic (exact) mass is 860 g/mol. The fourth-order valence-corrected chi connectivity index (χ4v) is 6.58. The topological polar surface area (TPSA) is 292 Å². The molecule has 1 aromatic heterocycles. The quantitative estimate of drug-likeness (QED) is 0.0336. The Bertz CT molecular complexity index is 1990. The van der Waals surface area contributed by atoms with Crippen LogP contribution in [0, 0.1) is 0 Å². The standard InChI is InChI=1S/C43H60N10O9/c1-4-6-17-33(41(60)53-35(40(59)45-5-2)21-28-14-8-7-9-15-28)52-43(62)36(50-38(57)25-47-27(3)55)23-37(56)46-20-13-12-19-32(39(44)58)51-42(61)34(49-26-54)22-29-24-48-31-18-11-10-16-30(29)31/h7-11,14-16,18,24,26,32-36,48H,4-6,12-13,17,19-23,25H2,1-3H3,(H2,44,58)(H,45,59)(H,46,56)(H,47,55)(H,49,54)(H,50,57)(H,51,61)(H,52,62)(H,53,60)/t32?,33-,34-,35?,36?/m0/s1. The number of aromatic amines is 1. The summed E-state index contributed by atoms with van der Waals surface area (Å²) in [6, 6.07) is 11.0. The van der Waals surface area contributed by atoms with Gasteiger partial charge in [0.05, 0.1) is 13.0 Å². The SMILES string of the molecule is CCCC[C@H](NC(=O)C(CC(=O)NCCCCC(NC(=O)[C@H](Cc1c[nH]c2ccccc12)NC=O)C(N)=O)NC(=O)CNC(C)=O)C(=O)NC(Cc1ccccc1)C(=O)NCC. The first-order valence-corrected chi connectivity index (χ1v) is 20.8. The summed E-state index contributed by atoms with van der Waals surface area (Å²) < 4.78 is 0. The highest BCUT2D eigenvalue weighted by Gasteiger charge is 2.31. The molecule has 2 aromatic carbocycles. The second-order valence-corrected chi connectivity index (χ2v) is 14.8. The van der Waals surface area contributed by atoms with Crippen LogP contribution in [-0.2, 0) is 56.0 Å². The molecule has 336 valence electrons. The lowest BCUT2D eigenvalue weighted by atomic mass is 10.0. The molecule has 0 fully saturated rings. The number of nitrogens with two attached hydrogens (primary N) is 1. The number of rotatable bonds is 28. The van der Waals surface area contributed by atoms with E-state index in [-0.39, 0.29) is 32.2 Å². The largest absolute Gasteiger partial charge is 0.368 e. The minimum atomic E-state index is -1.46. The number of para-hydroxylation sites is 1. The number of benzene rings is 2. The maximum atomic E-state index is 13.7. The Balaban J connectivity index is 1.61. The third-order valence-corrected chi connectivity index (χ3v) is 9.87. The lowest BCUT2D eigenvalue weighted by Crippen LogP contribution is -2.58. The van der Waals surface area contributed by atoms with Crippen LogP contribution < -0.4 is 48.3 Å². The average molecular weight is 861 g/mol. The summed E-state index contributed by atoms with van der Waals surface area (Å²) in [7, 11) is 0. The first-order chi connectivity index (χ1) is 29.8. The van der Waals surface area contributed by atoms with Crippen LogP contribution in [0.4, 0.5) is 0 Å². The van der Waals surface area contributed by atoms with Gasteiger partial charge < -0.3 is 53.3 Å². The van der Waals surface area contributed by atoms with Gasteiger partial charge in [-0.1, -0.05) is 68.3 Å². The molecule has 5 atom stereocenters. The predicted octanol–water partition coefficient (Wildman–Crippen LogP) is -0.369. The molecule has 0 bridgehead atoms. The second-order valence-electron chi connectivity index (χ2n) is 14.8. The minimum absolute atomic E-state index is 0.0898. The molecule has 0 aliphatic carbocycles. The smallest absolute Gasteiger partial charge is 0.243 e. The molecule has 3 unspecified atom stereocenters.